The molecule has 1 N–H and O–H groups in total. The van der Waals surface area contributed by atoms with E-state index in [-0.39, 0.29) is 5.41 Å². The summed E-state index contributed by atoms with van der Waals surface area (Å²) in [6.45, 7) is 6.93. The highest BCUT2D eigenvalue weighted by molar-refractivity contribution is 5.34. The third kappa shape index (κ3) is 7.03. The van der Waals surface area contributed by atoms with Crippen LogP contribution in [0, 0.1) is 23.2 Å². The second-order valence-corrected chi connectivity index (χ2v) is 6.01. The van der Waals surface area contributed by atoms with Crippen molar-refractivity contribution in [1.29, 1.82) is 0 Å². The van der Waals surface area contributed by atoms with Gasteiger partial charge in [-0.15, -0.1) is 0 Å². The fourth-order valence-electron chi connectivity index (χ4n) is 2.08. The van der Waals surface area contributed by atoms with E-state index in [1.54, 1.807) is 0 Å². The van der Waals surface area contributed by atoms with Gasteiger partial charge >= 0.3 is 0 Å². The molecule has 0 saturated heterocycles. The quantitative estimate of drug-likeness (QED) is 0.756. The Labute approximate surface area is 118 Å². The summed E-state index contributed by atoms with van der Waals surface area (Å²) >= 11 is 0. The lowest BCUT2D eigenvalue weighted by molar-refractivity contribution is 0.254. The Kier molecular flexibility index (Phi) is 6.67. The monoisotopic (exact) mass is 258 g/mol. The maximum absolute atomic E-state index is 8.88. The minimum Gasteiger partial charge on any atom is -0.396 e. The number of hydrogen-bond donors (Lipinski definition) is 1. The van der Waals surface area contributed by atoms with Gasteiger partial charge in [0.05, 0.1) is 0 Å². The summed E-state index contributed by atoms with van der Waals surface area (Å²) in [5.41, 5.74) is 1.15. The van der Waals surface area contributed by atoms with Crippen molar-refractivity contribution in [2.45, 2.75) is 46.5 Å². The Bertz CT molecular complexity index is 408. The molecule has 1 nitrogen and oxygen atoms in total. The molecule has 0 aliphatic rings. The topological polar surface area (TPSA) is 20.2 Å². The van der Waals surface area contributed by atoms with E-state index in [1.165, 1.54) is 12.8 Å². The normalized spacial score (nSPS) is 12.6. The zero-order valence-corrected chi connectivity index (χ0v) is 12.4. The molecule has 0 heterocycles. The van der Waals surface area contributed by atoms with Crippen molar-refractivity contribution in [3.63, 3.8) is 0 Å². The van der Waals surface area contributed by atoms with Crippen LogP contribution in [-0.4, -0.2) is 11.7 Å². The highest BCUT2D eigenvalue weighted by atomic mass is 16.3. The third-order valence-electron chi connectivity index (χ3n) is 3.44. The fourth-order valence-corrected chi connectivity index (χ4v) is 2.08. The van der Waals surface area contributed by atoms with E-state index < -0.39 is 0 Å². The second kappa shape index (κ2) is 8.02. The minimum absolute atomic E-state index is 0.0643. The molecule has 1 aromatic carbocycles. The highest BCUT2D eigenvalue weighted by Crippen LogP contribution is 2.24. The molecule has 1 heteroatoms. The van der Waals surface area contributed by atoms with E-state index in [4.69, 9.17) is 5.11 Å². The van der Waals surface area contributed by atoms with Crippen LogP contribution < -0.4 is 0 Å². The van der Waals surface area contributed by atoms with Gasteiger partial charge in [0.25, 0.3) is 0 Å². The first-order valence-electron chi connectivity index (χ1n) is 7.22. The predicted molar refractivity (Wildman–Crippen MR) is 81.8 cm³/mol. The Morgan fingerprint density at radius 3 is 2.47 bits per heavy atom. The Morgan fingerprint density at radius 2 is 1.84 bits per heavy atom. The van der Waals surface area contributed by atoms with Gasteiger partial charge in [-0.2, -0.15) is 0 Å². The van der Waals surface area contributed by atoms with E-state index in [0.29, 0.717) is 12.5 Å². The molecule has 19 heavy (non-hydrogen) atoms. The Morgan fingerprint density at radius 1 is 1.16 bits per heavy atom. The van der Waals surface area contributed by atoms with Gasteiger partial charge in [-0.3, -0.25) is 0 Å². The summed E-state index contributed by atoms with van der Waals surface area (Å²) in [5.74, 6) is 7.25. The highest BCUT2D eigenvalue weighted by Gasteiger charge is 2.14. The number of benzene rings is 1. The molecule has 0 saturated carbocycles. The lowest BCUT2D eigenvalue weighted by Crippen LogP contribution is -2.09. The lowest BCUT2D eigenvalue weighted by Gasteiger charge is -2.18. The van der Waals surface area contributed by atoms with Gasteiger partial charge in [-0.05, 0) is 44.7 Å². The first kappa shape index (κ1) is 15.8. The minimum atomic E-state index is 0.0643. The first-order valence-corrected chi connectivity index (χ1v) is 7.22. The number of aliphatic hydroxyl groups is 1. The maximum Gasteiger partial charge on any atom is 0.0433 e. The average Bonchev–Trinajstić information content (AvgIpc) is 2.38. The molecular weight excluding hydrogens is 232 g/mol. The lowest BCUT2D eigenvalue weighted by atomic mass is 9.86. The Hall–Kier alpha value is -1.26. The smallest absolute Gasteiger partial charge is 0.0433 e. The number of aliphatic hydroxyl groups excluding tert-OH is 1. The van der Waals surface area contributed by atoms with E-state index >= 15 is 0 Å². The average molecular weight is 258 g/mol. The predicted octanol–water partition coefficient (Wildman–Crippen LogP) is 4.25. The molecular formula is C18H26O. The summed E-state index contributed by atoms with van der Waals surface area (Å²) in [6.07, 6.45) is 4.38. The van der Waals surface area contributed by atoms with Crippen LogP contribution in [0.3, 0.4) is 0 Å². The van der Waals surface area contributed by atoms with Crippen LogP contribution in [0.15, 0.2) is 30.3 Å². The van der Waals surface area contributed by atoms with Crippen LogP contribution in [0.4, 0.5) is 0 Å². The fraction of sp³-hybridized carbons (Fsp3) is 0.556. The molecule has 104 valence electrons. The molecule has 1 atom stereocenters. The number of rotatable bonds is 6. The van der Waals surface area contributed by atoms with Crippen LogP contribution >= 0.6 is 0 Å². The zero-order valence-electron chi connectivity index (χ0n) is 12.4. The van der Waals surface area contributed by atoms with Gasteiger partial charge in [-0.1, -0.05) is 49.8 Å². The van der Waals surface area contributed by atoms with Crippen molar-refractivity contribution in [3.8, 4) is 11.8 Å². The van der Waals surface area contributed by atoms with E-state index in [1.807, 2.05) is 30.3 Å². The van der Waals surface area contributed by atoms with Crippen LogP contribution in [0.2, 0.25) is 0 Å². The van der Waals surface area contributed by atoms with E-state index in [0.717, 1.165) is 18.4 Å². The van der Waals surface area contributed by atoms with Gasteiger partial charge in [0.2, 0.25) is 0 Å². The molecule has 0 unspecified atom stereocenters. The van der Waals surface area contributed by atoms with Gasteiger partial charge in [0.15, 0.2) is 0 Å². The van der Waals surface area contributed by atoms with Crippen molar-refractivity contribution in [2.75, 3.05) is 6.61 Å². The van der Waals surface area contributed by atoms with E-state index in [2.05, 4.69) is 32.6 Å². The van der Waals surface area contributed by atoms with Crippen molar-refractivity contribution in [2.24, 2.45) is 11.3 Å². The molecule has 1 rings (SSSR count). The van der Waals surface area contributed by atoms with Gasteiger partial charge in [0.1, 0.15) is 0 Å². The van der Waals surface area contributed by atoms with Crippen LogP contribution in [-0.2, 0) is 0 Å². The molecule has 0 amide bonds. The molecule has 0 spiro atoms. The van der Waals surface area contributed by atoms with Gasteiger partial charge in [-0.25, -0.2) is 0 Å². The van der Waals surface area contributed by atoms with Crippen molar-refractivity contribution in [3.05, 3.63) is 35.9 Å². The summed E-state index contributed by atoms with van der Waals surface area (Å²) in [4.78, 5) is 0. The van der Waals surface area contributed by atoms with Crippen LogP contribution in [0.1, 0.15) is 52.0 Å². The zero-order chi connectivity index (χ0) is 14.1. The van der Waals surface area contributed by atoms with Crippen molar-refractivity contribution >= 4 is 0 Å². The summed E-state index contributed by atoms with van der Waals surface area (Å²) in [7, 11) is 0. The molecule has 0 bridgehead atoms. The molecule has 0 aliphatic heterocycles. The van der Waals surface area contributed by atoms with Gasteiger partial charge in [0, 0.05) is 17.6 Å². The summed E-state index contributed by atoms with van der Waals surface area (Å²) in [6, 6.07) is 10.2. The standard InChI is InChI=1S/C18H26O/c1-16(12-15-19)8-7-13-18(2,3)14-11-17-9-5-4-6-10-17/h4-6,9-10,16,19H,7-8,12-13,15H2,1-3H3/t16-/m0/s1. The van der Waals surface area contributed by atoms with Crippen LogP contribution in [0.25, 0.3) is 0 Å². The third-order valence-corrected chi connectivity index (χ3v) is 3.44. The molecule has 0 aliphatic carbocycles. The molecule has 0 fully saturated rings. The molecule has 0 radical (unpaired) electrons. The SMILES string of the molecule is C[C@H](CCO)CCCC(C)(C)C#Cc1ccccc1. The van der Waals surface area contributed by atoms with E-state index in [9.17, 15) is 0 Å². The summed E-state index contributed by atoms with van der Waals surface area (Å²) in [5, 5.41) is 8.88. The van der Waals surface area contributed by atoms with Crippen molar-refractivity contribution in [1.82, 2.24) is 0 Å². The first-order chi connectivity index (χ1) is 9.03. The van der Waals surface area contributed by atoms with Crippen molar-refractivity contribution < 1.29 is 5.11 Å². The maximum atomic E-state index is 8.88. The second-order valence-electron chi connectivity index (χ2n) is 6.01. The Balaban J connectivity index is 2.42. The van der Waals surface area contributed by atoms with Gasteiger partial charge < -0.3 is 5.11 Å². The molecule has 1 aromatic rings. The largest absolute Gasteiger partial charge is 0.396 e. The number of hydrogen-bond acceptors (Lipinski definition) is 1. The van der Waals surface area contributed by atoms with Crippen LogP contribution in [0.5, 0.6) is 0 Å². The molecule has 0 aromatic heterocycles. The summed E-state index contributed by atoms with van der Waals surface area (Å²) < 4.78 is 0.